The first-order chi connectivity index (χ1) is 8.87. The van der Waals surface area contributed by atoms with Gasteiger partial charge in [0.25, 0.3) is 5.91 Å². The predicted octanol–water partition coefficient (Wildman–Crippen LogP) is 0.636. The van der Waals surface area contributed by atoms with Crippen LogP contribution in [0.1, 0.15) is 47.7 Å². The fourth-order valence-corrected chi connectivity index (χ4v) is 1.68. The van der Waals surface area contributed by atoms with Gasteiger partial charge < -0.3 is 20.5 Å². The van der Waals surface area contributed by atoms with E-state index in [-0.39, 0.29) is 23.4 Å². The summed E-state index contributed by atoms with van der Waals surface area (Å²) in [6, 6.07) is 0. The van der Waals surface area contributed by atoms with E-state index in [1.807, 2.05) is 13.8 Å². The molecule has 0 aliphatic rings. The highest BCUT2D eigenvalue weighted by molar-refractivity contribution is 6.02. The van der Waals surface area contributed by atoms with Crippen molar-refractivity contribution in [3.8, 4) is 0 Å². The number of aliphatic hydroxyl groups excluding tert-OH is 1. The molecule has 0 unspecified atom stereocenters. The van der Waals surface area contributed by atoms with Gasteiger partial charge in [-0.1, -0.05) is 13.8 Å². The number of nitrogens with zero attached hydrogens (tertiary/aromatic N) is 1. The molecule has 0 fully saturated rings. The second-order valence-electron chi connectivity index (χ2n) is 5.11. The van der Waals surface area contributed by atoms with Crippen molar-refractivity contribution in [1.29, 1.82) is 0 Å². The summed E-state index contributed by atoms with van der Waals surface area (Å²) in [5, 5.41) is 20.3. The van der Waals surface area contributed by atoms with Crippen molar-refractivity contribution >= 4 is 11.9 Å². The number of hydrogen-bond donors (Lipinski definition) is 4. The maximum Gasteiger partial charge on any atom is 0.354 e. The van der Waals surface area contributed by atoms with Crippen molar-refractivity contribution in [2.45, 2.75) is 26.7 Å². The van der Waals surface area contributed by atoms with Crippen LogP contribution in [0.5, 0.6) is 0 Å². The number of imidazole rings is 1. The second-order valence-corrected chi connectivity index (χ2v) is 5.11. The van der Waals surface area contributed by atoms with Gasteiger partial charge in [-0.3, -0.25) is 4.79 Å². The maximum absolute atomic E-state index is 11.8. The average Bonchev–Trinajstić information content (AvgIpc) is 2.83. The highest BCUT2D eigenvalue weighted by atomic mass is 16.4. The van der Waals surface area contributed by atoms with Crippen molar-refractivity contribution in [1.82, 2.24) is 15.3 Å². The third-order valence-electron chi connectivity index (χ3n) is 2.81. The van der Waals surface area contributed by atoms with Crippen LogP contribution in [-0.2, 0) is 0 Å². The number of aromatic carboxylic acids is 1. The lowest BCUT2D eigenvalue weighted by molar-refractivity contribution is 0.0684. The monoisotopic (exact) mass is 269 g/mol. The summed E-state index contributed by atoms with van der Waals surface area (Å²) in [6.07, 6.45) is 2.59. The first kappa shape index (κ1) is 15.2. The number of rotatable bonds is 7. The van der Waals surface area contributed by atoms with Gasteiger partial charge in [-0.15, -0.1) is 0 Å². The average molecular weight is 269 g/mol. The van der Waals surface area contributed by atoms with Crippen LogP contribution in [-0.4, -0.2) is 45.2 Å². The summed E-state index contributed by atoms with van der Waals surface area (Å²) >= 11 is 0. The summed E-state index contributed by atoms with van der Waals surface area (Å²) in [7, 11) is 0. The number of carbonyl (C=O) groups is 2. The Morgan fingerprint density at radius 1 is 1.47 bits per heavy atom. The summed E-state index contributed by atoms with van der Waals surface area (Å²) in [5.74, 6) is -1.74. The molecule has 0 saturated heterocycles. The van der Waals surface area contributed by atoms with Crippen molar-refractivity contribution < 1.29 is 19.8 Å². The molecule has 0 bridgehead atoms. The zero-order valence-corrected chi connectivity index (χ0v) is 11.1. The standard InChI is InChI=1S/C12H19N3O4/c1-12(2,4-3-5-16)6-13-10(17)8-9(11(18)19)15-7-14-8/h7,16H,3-6H2,1-2H3,(H,13,17)(H,14,15)(H,18,19). The van der Waals surface area contributed by atoms with Gasteiger partial charge in [-0.05, 0) is 18.3 Å². The maximum atomic E-state index is 11.8. The van der Waals surface area contributed by atoms with Crippen molar-refractivity contribution in [2.24, 2.45) is 5.41 Å². The molecule has 19 heavy (non-hydrogen) atoms. The Kier molecular flexibility index (Phi) is 5.05. The molecule has 1 aromatic heterocycles. The summed E-state index contributed by atoms with van der Waals surface area (Å²) < 4.78 is 0. The number of carboxylic acids is 1. The van der Waals surface area contributed by atoms with Crippen LogP contribution in [0.2, 0.25) is 0 Å². The Morgan fingerprint density at radius 3 is 2.74 bits per heavy atom. The van der Waals surface area contributed by atoms with Gasteiger partial charge >= 0.3 is 5.97 Å². The lowest BCUT2D eigenvalue weighted by Crippen LogP contribution is -2.35. The molecule has 0 aromatic carbocycles. The Hall–Kier alpha value is -1.89. The minimum absolute atomic E-state index is 0.111. The molecular weight excluding hydrogens is 250 g/mol. The van der Waals surface area contributed by atoms with E-state index in [1.54, 1.807) is 0 Å². The molecule has 1 heterocycles. The molecule has 1 amide bonds. The van der Waals surface area contributed by atoms with E-state index in [0.717, 1.165) is 6.42 Å². The van der Waals surface area contributed by atoms with Gasteiger partial charge in [0.15, 0.2) is 11.4 Å². The van der Waals surface area contributed by atoms with Crippen LogP contribution in [0.3, 0.4) is 0 Å². The van der Waals surface area contributed by atoms with Crippen LogP contribution in [0.4, 0.5) is 0 Å². The zero-order chi connectivity index (χ0) is 14.5. The van der Waals surface area contributed by atoms with E-state index in [1.165, 1.54) is 6.33 Å². The first-order valence-electron chi connectivity index (χ1n) is 6.03. The predicted molar refractivity (Wildman–Crippen MR) is 68.0 cm³/mol. The molecule has 1 aromatic rings. The number of aliphatic hydroxyl groups is 1. The topological polar surface area (TPSA) is 115 Å². The molecule has 0 aliphatic carbocycles. The molecular formula is C12H19N3O4. The van der Waals surface area contributed by atoms with Gasteiger partial charge in [0.05, 0.1) is 6.33 Å². The van der Waals surface area contributed by atoms with Crippen LogP contribution >= 0.6 is 0 Å². The molecule has 4 N–H and O–H groups in total. The van der Waals surface area contributed by atoms with E-state index >= 15 is 0 Å². The molecule has 0 saturated carbocycles. The lowest BCUT2D eigenvalue weighted by Gasteiger charge is -2.24. The number of hydrogen-bond acceptors (Lipinski definition) is 4. The van der Waals surface area contributed by atoms with Crippen molar-refractivity contribution in [2.75, 3.05) is 13.2 Å². The first-order valence-corrected chi connectivity index (χ1v) is 6.03. The molecule has 7 nitrogen and oxygen atoms in total. The highest BCUT2D eigenvalue weighted by Crippen LogP contribution is 2.20. The third kappa shape index (κ3) is 4.36. The number of H-pyrrole nitrogens is 1. The zero-order valence-electron chi connectivity index (χ0n) is 11.1. The Labute approximate surface area is 111 Å². The van der Waals surface area contributed by atoms with Crippen LogP contribution in [0.25, 0.3) is 0 Å². The van der Waals surface area contributed by atoms with Gasteiger partial charge in [0, 0.05) is 13.2 Å². The van der Waals surface area contributed by atoms with Gasteiger partial charge in [-0.25, -0.2) is 9.78 Å². The molecule has 0 atom stereocenters. The van der Waals surface area contributed by atoms with Gasteiger partial charge in [0.2, 0.25) is 0 Å². The Balaban J connectivity index is 2.60. The quantitative estimate of drug-likeness (QED) is 0.579. The number of aromatic nitrogens is 2. The molecule has 0 spiro atoms. The number of nitrogens with one attached hydrogen (secondary N) is 2. The smallest absolute Gasteiger partial charge is 0.354 e. The third-order valence-corrected chi connectivity index (χ3v) is 2.81. The minimum Gasteiger partial charge on any atom is -0.477 e. The fourth-order valence-electron chi connectivity index (χ4n) is 1.68. The van der Waals surface area contributed by atoms with E-state index in [2.05, 4.69) is 15.3 Å². The number of amides is 1. The molecule has 1 rings (SSSR count). The Morgan fingerprint density at radius 2 is 2.16 bits per heavy atom. The van der Waals surface area contributed by atoms with Gasteiger partial charge in [0.1, 0.15) is 0 Å². The number of carbonyl (C=O) groups excluding carboxylic acids is 1. The molecule has 0 aliphatic heterocycles. The molecule has 106 valence electrons. The minimum atomic E-state index is -1.22. The summed E-state index contributed by atoms with van der Waals surface area (Å²) in [4.78, 5) is 28.8. The van der Waals surface area contributed by atoms with E-state index < -0.39 is 11.9 Å². The molecule has 7 heteroatoms. The van der Waals surface area contributed by atoms with Crippen molar-refractivity contribution in [3.05, 3.63) is 17.7 Å². The number of aromatic amines is 1. The normalized spacial score (nSPS) is 11.3. The SMILES string of the molecule is CC(C)(CCCO)CNC(=O)c1nc[nH]c1C(=O)O. The van der Waals surface area contributed by atoms with Crippen molar-refractivity contribution in [3.63, 3.8) is 0 Å². The fraction of sp³-hybridized carbons (Fsp3) is 0.583. The highest BCUT2D eigenvalue weighted by Gasteiger charge is 2.23. The number of carboxylic acid groups (broad SMARTS) is 1. The van der Waals surface area contributed by atoms with Crippen LogP contribution in [0.15, 0.2) is 6.33 Å². The summed E-state index contributed by atoms with van der Waals surface area (Å²) in [6.45, 7) is 4.43. The second kappa shape index (κ2) is 6.33. The van der Waals surface area contributed by atoms with E-state index in [0.29, 0.717) is 13.0 Å². The lowest BCUT2D eigenvalue weighted by atomic mass is 9.88. The Bertz CT molecular complexity index is 454. The molecule has 0 radical (unpaired) electrons. The van der Waals surface area contributed by atoms with Crippen LogP contribution < -0.4 is 5.32 Å². The van der Waals surface area contributed by atoms with Crippen LogP contribution in [0, 0.1) is 5.41 Å². The van der Waals surface area contributed by atoms with E-state index in [9.17, 15) is 9.59 Å². The van der Waals surface area contributed by atoms with E-state index in [4.69, 9.17) is 10.2 Å². The summed E-state index contributed by atoms with van der Waals surface area (Å²) in [5.41, 5.74) is -0.505. The van der Waals surface area contributed by atoms with Gasteiger partial charge in [-0.2, -0.15) is 0 Å². The largest absolute Gasteiger partial charge is 0.477 e.